The van der Waals surface area contributed by atoms with E-state index in [-0.39, 0.29) is 5.56 Å². The van der Waals surface area contributed by atoms with Crippen molar-refractivity contribution in [3.8, 4) is 5.69 Å². The van der Waals surface area contributed by atoms with Gasteiger partial charge in [0.15, 0.2) is 12.5 Å². The minimum Gasteiger partial charge on any atom is -0.310 e. The Morgan fingerprint density at radius 3 is 2.59 bits per heavy atom. The molecule has 0 aliphatic carbocycles. The molecule has 0 radical (unpaired) electrons. The summed E-state index contributed by atoms with van der Waals surface area (Å²) in [5.74, 6) is 1.50. The number of nitrogens with one attached hydrogen (secondary N) is 2. The van der Waals surface area contributed by atoms with Crippen LogP contribution in [-0.2, 0) is 13.2 Å². The fourth-order valence-electron chi connectivity index (χ4n) is 3.45. The summed E-state index contributed by atoms with van der Waals surface area (Å²) in [6, 6.07) is 17.4. The Morgan fingerprint density at radius 1 is 1.10 bits per heavy atom. The molecule has 0 bridgehead atoms. The lowest BCUT2D eigenvalue weighted by atomic mass is 10.2. The average Bonchev–Trinajstić information content (AvgIpc) is 3.01. The van der Waals surface area contributed by atoms with E-state index in [0.717, 1.165) is 18.1 Å². The fourth-order valence-corrected chi connectivity index (χ4v) is 3.80. The summed E-state index contributed by atoms with van der Waals surface area (Å²) < 4.78 is 4.47. The molecule has 29 heavy (non-hydrogen) atoms. The Balaban J connectivity index is 1.61. The van der Waals surface area contributed by atoms with Crippen molar-refractivity contribution in [1.82, 2.24) is 24.3 Å². The van der Waals surface area contributed by atoms with Crippen molar-refractivity contribution in [2.45, 2.75) is 27.1 Å². The summed E-state index contributed by atoms with van der Waals surface area (Å²) in [4.78, 5) is 21.1. The van der Waals surface area contributed by atoms with Crippen molar-refractivity contribution in [2.24, 2.45) is 0 Å². The van der Waals surface area contributed by atoms with E-state index < -0.39 is 0 Å². The van der Waals surface area contributed by atoms with Gasteiger partial charge in [-0.2, -0.15) is 9.78 Å². The molecule has 0 amide bonds. The Morgan fingerprint density at radius 2 is 1.83 bits per heavy atom. The van der Waals surface area contributed by atoms with E-state index in [1.54, 1.807) is 6.07 Å². The highest BCUT2D eigenvalue weighted by Crippen LogP contribution is 2.11. The predicted molar refractivity (Wildman–Crippen MR) is 115 cm³/mol. The second kappa shape index (κ2) is 8.10. The zero-order valence-electron chi connectivity index (χ0n) is 16.4. The van der Waals surface area contributed by atoms with Crippen LogP contribution in [0.15, 0.2) is 59.4 Å². The molecule has 148 valence electrons. The van der Waals surface area contributed by atoms with Gasteiger partial charge in [-0.05, 0) is 50.3 Å². The number of fused-ring (bicyclic) bond motifs is 1. The number of quaternary nitrogens is 1. The number of rotatable bonds is 6. The molecular formula is C21H23N6OS+. The quantitative estimate of drug-likeness (QED) is 0.480. The van der Waals surface area contributed by atoms with Crippen molar-refractivity contribution in [3.05, 3.63) is 81.4 Å². The van der Waals surface area contributed by atoms with Crippen LogP contribution in [0.2, 0.25) is 0 Å². The van der Waals surface area contributed by atoms with Crippen molar-refractivity contribution in [1.29, 1.82) is 0 Å². The Labute approximate surface area is 173 Å². The average molecular weight is 408 g/mol. The van der Waals surface area contributed by atoms with Gasteiger partial charge in [0.05, 0.1) is 17.4 Å². The third-order valence-electron chi connectivity index (χ3n) is 4.97. The number of nitrogens with zero attached hydrogens (tertiary/aromatic N) is 4. The van der Waals surface area contributed by atoms with Crippen molar-refractivity contribution < 1.29 is 4.90 Å². The molecule has 0 saturated carbocycles. The molecule has 2 aromatic carbocycles. The van der Waals surface area contributed by atoms with Crippen LogP contribution < -0.4 is 10.5 Å². The molecule has 2 N–H and O–H groups in total. The number of aryl methyl sites for hydroxylation is 1. The molecular weight excluding hydrogens is 384 g/mol. The van der Waals surface area contributed by atoms with Gasteiger partial charge in [0.1, 0.15) is 12.4 Å². The summed E-state index contributed by atoms with van der Waals surface area (Å²) in [5, 5.41) is 5.25. The van der Waals surface area contributed by atoms with Gasteiger partial charge in [-0.3, -0.25) is 9.36 Å². The highest BCUT2D eigenvalue weighted by molar-refractivity contribution is 7.71. The van der Waals surface area contributed by atoms with E-state index >= 15 is 0 Å². The Kier molecular flexibility index (Phi) is 5.37. The van der Waals surface area contributed by atoms with Crippen LogP contribution in [0.5, 0.6) is 0 Å². The zero-order chi connectivity index (χ0) is 20.4. The van der Waals surface area contributed by atoms with Crippen LogP contribution in [0, 0.1) is 11.7 Å². The summed E-state index contributed by atoms with van der Waals surface area (Å²) in [5.41, 5.74) is 1.60. The number of aromatic amines is 1. The van der Waals surface area contributed by atoms with E-state index in [0.29, 0.717) is 34.7 Å². The van der Waals surface area contributed by atoms with E-state index in [1.165, 1.54) is 4.90 Å². The van der Waals surface area contributed by atoms with Gasteiger partial charge in [-0.25, -0.2) is 4.98 Å². The molecule has 0 aliphatic rings. The molecule has 0 fully saturated rings. The van der Waals surface area contributed by atoms with Crippen LogP contribution in [0.4, 0.5) is 0 Å². The maximum Gasteiger partial charge on any atom is 0.258 e. The minimum absolute atomic E-state index is 0.109. The van der Waals surface area contributed by atoms with Gasteiger partial charge in [0.2, 0.25) is 4.77 Å². The van der Waals surface area contributed by atoms with Crippen LogP contribution in [0.3, 0.4) is 0 Å². The van der Waals surface area contributed by atoms with Crippen molar-refractivity contribution in [3.63, 3.8) is 0 Å². The summed E-state index contributed by atoms with van der Waals surface area (Å²) in [6.07, 6.45) is 0. The normalized spacial score (nSPS) is 12.3. The molecule has 1 atom stereocenters. The highest BCUT2D eigenvalue weighted by Gasteiger charge is 2.15. The van der Waals surface area contributed by atoms with Gasteiger partial charge in [-0.1, -0.05) is 30.3 Å². The first kappa shape index (κ1) is 19.2. The summed E-state index contributed by atoms with van der Waals surface area (Å²) >= 11 is 5.69. The number of H-pyrrole nitrogens is 1. The van der Waals surface area contributed by atoms with Crippen LogP contribution in [-0.4, -0.2) is 30.9 Å². The van der Waals surface area contributed by atoms with Gasteiger partial charge >= 0.3 is 0 Å². The van der Waals surface area contributed by atoms with Crippen LogP contribution >= 0.6 is 12.2 Å². The Hall–Kier alpha value is -3.10. The lowest BCUT2D eigenvalue weighted by Gasteiger charge is -2.17. The number of hydrogen-bond acceptors (Lipinski definition) is 4. The number of hydrogen-bond donors (Lipinski definition) is 2. The first-order chi connectivity index (χ1) is 14.1. The molecule has 8 heteroatoms. The maximum absolute atomic E-state index is 12.3. The highest BCUT2D eigenvalue weighted by atomic mass is 32.1. The second-order valence-electron chi connectivity index (χ2n) is 6.97. The summed E-state index contributed by atoms with van der Waals surface area (Å²) in [6.45, 7) is 6.06. The molecule has 0 saturated heterocycles. The summed E-state index contributed by atoms with van der Waals surface area (Å²) in [7, 11) is 0. The molecule has 4 rings (SSSR count). The number of para-hydroxylation sites is 2. The smallest absolute Gasteiger partial charge is 0.258 e. The van der Waals surface area contributed by atoms with Crippen LogP contribution in [0.25, 0.3) is 16.6 Å². The van der Waals surface area contributed by atoms with Gasteiger partial charge < -0.3 is 9.88 Å². The zero-order valence-corrected chi connectivity index (χ0v) is 17.2. The molecule has 0 aliphatic heterocycles. The van der Waals surface area contributed by atoms with E-state index in [4.69, 9.17) is 12.2 Å². The molecule has 0 spiro atoms. The van der Waals surface area contributed by atoms with Crippen LogP contribution in [0.1, 0.15) is 18.6 Å². The standard InChI is InChI=1S/C21H22N6OS/c1-3-25(13-19-22-18-12-8-7-11-17(18)20(28)23-19)14-26-21(29)27(15(2)24-26)16-9-5-4-6-10-16/h4-12H,3,13-14H2,1-2H3,(H,22,23,28)/p+1. The van der Waals surface area contributed by atoms with Crippen molar-refractivity contribution >= 4 is 23.1 Å². The first-order valence-electron chi connectivity index (χ1n) is 9.60. The van der Waals surface area contributed by atoms with E-state index in [1.807, 2.05) is 64.7 Å². The molecule has 2 heterocycles. The minimum atomic E-state index is -0.109. The third kappa shape index (κ3) is 3.90. The molecule has 7 nitrogen and oxygen atoms in total. The van der Waals surface area contributed by atoms with Gasteiger partial charge in [-0.15, -0.1) is 0 Å². The second-order valence-corrected chi connectivity index (χ2v) is 7.33. The third-order valence-corrected chi connectivity index (χ3v) is 5.36. The van der Waals surface area contributed by atoms with Gasteiger partial charge in [0.25, 0.3) is 5.56 Å². The van der Waals surface area contributed by atoms with E-state index in [9.17, 15) is 4.79 Å². The van der Waals surface area contributed by atoms with E-state index in [2.05, 4.69) is 22.0 Å². The first-order valence-corrected chi connectivity index (χ1v) is 10.0. The maximum atomic E-state index is 12.3. The number of benzene rings is 2. The molecule has 2 aromatic heterocycles. The predicted octanol–water partition coefficient (Wildman–Crippen LogP) is 2.01. The lowest BCUT2D eigenvalue weighted by Crippen LogP contribution is -3.09. The van der Waals surface area contributed by atoms with Gasteiger partial charge in [0, 0.05) is 5.69 Å². The molecule has 1 unspecified atom stereocenters. The Bertz CT molecular complexity index is 1260. The fraction of sp³-hybridized carbons (Fsp3) is 0.238. The van der Waals surface area contributed by atoms with Crippen molar-refractivity contribution in [2.75, 3.05) is 6.54 Å². The number of aromatic nitrogens is 5. The lowest BCUT2D eigenvalue weighted by molar-refractivity contribution is -0.935. The topological polar surface area (TPSA) is 72.9 Å². The molecule has 4 aromatic rings. The largest absolute Gasteiger partial charge is 0.310 e. The SMILES string of the molecule is CC[NH+](Cc1nc2ccccc2c(=O)[nH]1)Cn1nc(C)n(-c2ccccc2)c1=S. The monoisotopic (exact) mass is 407 g/mol.